The largest absolute Gasteiger partial charge is 1.00 e. The summed E-state index contributed by atoms with van der Waals surface area (Å²) in [5.41, 5.74) is 0. The van der Waals surface area contributed by atoms with Gasteiger partial charge in [-0.15, -0.1) is 0 Å². The summed E-state index contributed by atoms with van der Waals surface area (Å²) in [6, 6.07) is 10.8. The molecule has 1 aromatic carbocycles. The Kier molecular flexibility index (Phi) is 7.09. The van der Waals surface area contributed by atoms with E-state index in [2.05, 4.69) is 64.2 Å². The molecule has 0 unspecified atom stereocenters. The number of hydrogen-bond acceptors (Lipinski definition) is 0. The minimum atomic E-state index is -1.17. The molecule has 0 nitrogen and oxygen atoms in total. The fourth-order valence-corrected chi connectivity index (χ4v) is 5.69. The van der Waals surface area contributed by atoms with Crippen LogP contribution in [0.15, 0.2) is 30.3 Å². The molecule has 0 fully saturated rings. The van der Waals surface area contributed by atoms with Crippen molar-refractivity contribution in [3.63, 3.8) is 0 Å². The van der Waals surface area contributed by atoms with Crippen LogP contribution in [-0.2, 0) is 0 Å². The summed E-state index contributed by atoms with van der Waals surface area (Å²) in [5, 5.41) is 1.95. The third-order valence-electron chi connectivity index (χ3n) is 3.00. The van der Waals surface area contributed by atoms with Gasteiger partial charge in [0.15, 0.2) is 0 Å². The van der Waals surface area contributed by atoms with Crippen molar-refractivity contribution in [2.75, 3.05) is 0 Å². The predicted molar refractivity (Wildman–Crippen MR) is 70.2 cm³/mol. The molecule has 0 atom stereocenters. The molecule has 0 aromatic heterocycles. The molecular formula is C12H20KPSi. The van der Waals surface area contributed by atoms with Gasteiger partial charge in [0.25, 0.3) is 0 Å². The van der Waals surface area contributed by atoms with E-state index >= 15 is 0 Å². The molecule has 0 aliphatic heterocycles. The fourth-order valence-electron chi connectivity index (χ4n) is 0.993. The summed E-state index contributed by atoms with van der Waals surface area (Å²) in [6.45, 7) is 12.1. The minimum Gasteiger partial charge on any atom is -0.506 e. The third-order valence-corrected chi connectivity index (χ3v) is 12.3. The standard InChI is InChI=1S/C12H20PSi.K/c1-12(2,3)14(4,5)13-11-9-7-6-8-10-11;/h6-10H,1-5H3;/q-1;+1. The van der Waals surface area contributed by atoms with Gasteiger partial charge in [0, 0.05) is 0 Å². The smallest absolute Gasteiger partial charge is 0.506 e. The molecule has 0 saturated carbocycles. The van der Waals surface area contributed by atoms with Gasteiger partial charge < -0.3 is 8.13 Å². The van der Waals surface area contributed by atoms with Crippen LogP contribution in [0, 0.1) is 0 Å². The topological polar surface area (TPSA) is 0 Å². The zero-order chi connectivity index (χ0) is 10.8. The molecule has 0 radical (unpaired) electrons. The van der Waals surface area contributed by atoms with Crippen LogP contribution in [-0.4, -0.2) is 7.74 Å². The van der Waals surface area contributed by atoms with Gasteiger partial charge in [-0.2, -0.15) is 0 Å². The van der Waals surface area contributed by atoms with E-state index in [0.29, 0.717) is 5.04 Å². The molecule has 0 amide bonds. The monoisotopic (exact) mass is 262 g/mol. The molecule has 3 heteroatoms. The van der Waals surface area contributed by atoms with Crippen molar-refractivity contribution in [2.24, 2.45) is 0 Å². The predicted octanol–water partition coefficient (Wildman–Crippen LogP) is 1.27. The van der Waals surface area contributed by atoms with E-state index in [1.807, 2.05) is 0 Å². The number of benzene rings is 1. The first-order chi connectivity index (χ1) is 6.33. The minimum absolute atomic E-state index is 0. The van der Waals surface area contributed by atoms with Crippen molar-refractivity contribution in [1.29, 1.82) is 0 Å². The Hall–Kier alpha value is 1.50. The van der Waals surface area contributed by atoms with Crippen LogP contribution in [0.2, 0.25) is 18.1 Å². The third kappa shape index (κ3) is 5.12. The van der Waals surface area contributed by atoms with Crippen molar-refractivity contribution in [2.45, 2.75) is 38.9 Å². The summed E-state index contributed by atoms with van der Waals surface area (Å²) < 4.78 is 0. The molecule has 0 heterocycles. The molecule has 0 bridgehead atoms. The average molecular weight is 262 g/mol. The summed E-state index contributed by atoms with van der Waals surface area (Å²) in [6.07, 6.45) is 0. The quantitative estimate of drug-likeness (QED) is 0.556. The number of hydrogen-bond donors (Lipinski definition) is 0. The van der Waals surface area contributed by atoms with E-state index in [-0.39, 0.29) is 51.4 Å². The van der Waals surface area contributed by atoms with Gasteiger partial charge in [0.1, 0.15) is 0 Å². The van der Waals surface area contributed by atoms with E-state index in [1.165, 1.54) is 5.30 Å². The first-order valence-corrected chi connectivity index (χ1v) is 9.84. The van der Waals surface area contributed by atoms with E-state index in [4.69, 9.17) is 0 Å². The SMILES string of the molecule is CC(C)(C)[Si](C)(C)[P-]c1ccccc1.[K+]. The van der Waals surface area contributed by atoms with Gasteiger partial charge in [0.2, 0.25) is 0 Å². The van der Waals surface area contributed by atoms with Crippen LogP contribution in [0.5, 0.6) is 0 Å². The molecule has 1 aromatic rings. The van der Waals surface area contributed by atoms with Gasteiger partial charge in [0.05, 0.1) is 0 Å². The zero-order valence-corrected chi connectivity index (χ0v) is 15.9. The zero-order valence-electron chi connectivity index (χ0n) is 10.8. The van der Waals surface area contributed by atoms with Gasteiger partial charge >= 0.3 is 51.4 Å². The van der Waals surface area contributed by atoms with Crippen LogP contribution >= 0.6 is 8.13 Å². The molecule has 0 aliphatic rings. The Labute approximate surface area is 140 Å². The van der Waals surface area contributed by atoms with E-state index in [9.17, 15) is 0 Å². The molecule has 78 valence electrons. The second-order valence-electron chi connectivity index (χ2n) is 5.26. The Balaban J connectivity index is 0.00000196. The van der Waals surface area contributed by atoms with Crippen molar-refractivity contribution in [3.05, 3.63) is 30.3 Å². The Morgan fingerprint density at radius 1 is 1.00 bits per heavy atom. The van der Waals surface area contributed by atoms with Crippen molar-refractivity contribution in [3.8, 4) is 0 Å². The van der Waals surface area contributed by atoms with E-state index in [0.717, 1.165) is 0 Å². The molecule has 0 saturated heterocycles. The molecule has 0 N–H and O–H groups in total. The van der Waals surface area contributed by atoms with Gasteiger partial charge in [-0.3, -0.25) is 0 Å². The second kappa shape index (κ2) is 6.44. The average Bonchev–Trinajstić information content (AvgIpc) is 2.03. The summed E-state index contributed by atoms with van der Waals surface area (Å²) in [7, 11) is 0.383. The van der Waals surface area contributed by atoms with E-state index < -0.39 is 7.74 Å². The van der Waals surface area contributed by atoms with Crippen LogP contribution in [0.25, 0.3) is 0 Å². The fraction of sp³-hybridized carbons (Fsp3) is 0.500. The maximum atomic E-state index is 2.47. The van der Waals surface area contributed by atoms with Crippen molar-refractivity contribution < 1.29 is 51.4 Å². The summed E-state index contributed by atoms with van der Waals surface area (Å²) >= 11 is 0. The Morgan fingerprint density at radius 3 is 1.87 bits per heavy atom. The normalized spacial score (nSPS) is 12.9. The maximum Gasteiger partial charge on any atom is 1.00 e. The van der Waals surface area contributed by atoms with Crippen LogP contribution in [0.4, 0.5) is 0 Å². The first kappa shape index (κ1) is 16.5. The number of rotatable bonds is 2. The molecule has 0 aliphatic carbocycles. The Bertz CT molecular complexity index is 290. The van der Waals surface area contributed by atoms with Crippen LogP contribution in [0.1, 0.15) is 20.8 Å². The van der Waals surface area contributed by atoms with Crippen LogP contribution < -0.4 is 56.7 Å². The summed E-state index contributed by atoms with van der Waals surface area (Å²) in [5.74, 6) is 0. The second-order valence-corrected chi connectivity index (χ2v) is 14.6. The van der Waals surface area contributed by atoms with Crippen molar-refractivity contribution >= 4 is 21.2 Å². The molecular weight excluding hydrogens is 242 g/mol. The van der Waals surface area contributed by atoms with Crippen molar-refractivity contribution in [1.82, 2.24) is 0 Å². The Morgan fingerprint density at radius 2 is 1.47 bits per heavy atom. The van der Waals surface area contributed by atoms with E-state index in [1.54, 1.807) is 8.13 Å². The maximum absolute atomic E-state index is 2.47. The molecule has 15 heavy (non-hydrogen) atoms. The van der Waals surface area contributed by atoms with Gasteiger partial charge in [-0.1, -0.05) is 77.0 Å². The van der Waals surface area contributed by atoms with Gasteiger partial charge in [-0.05, 0) is 0 Å². The van der Waals surface area contributed by atoms with Crippen LogP contribution in [0.3, 0.4) is 0 Å². The molecule has 1 rings (SSSR count). The van der Waals surface area contributed by atoms with Gasteiger partial charge in [-0.25, -0.2) is 5.30 Å². The summed E-state index contributed by atoms with van der Waals surface area (Å²) in [4.78, 5) is 0. The molecule has 0 spiro atoms. The first-order valence-electron chi connectivity index (χ1n) is 5.11.